The lowest BCUT2D eigenvalue weighted by Crippen LogP contribution is -1.90. The first-order valence-electron chi connectivity index (χ1n) is 5.61. The van der Waals surface area contributed by atoms with Crippen molar-refractivity contribution in [2.45, 2.75) is 20.8 Å². The summed E-state index contributed by atoms with van der Waals surface area (Å²) in [6, 6.07) is 2.10. The molecule has 0 unspecified atom stereocenters. The smallest absolute Gasteiger partial charge is 0.195 e. The Morgan fingerprint density at radius 1 is 1.22 bits per heavy atom. The van der Waals surface area contributed by atoms with Crippen LogP contribution in [-0.2, 0) is 0 Å². The Hall–Kier alpha value is -1.46. The standard InChI is InChI=1S/C13H12N2OS2/c1-7-4-10(9(3)17-7)12-11(6-16)15-5-8(2)18-13(15)14-12/h4-6H,1-3H3. The number of hydrogen-bond donors (Lipinski definition) is 0. The normalized spacial score (nSPS) is 11.3. The number of rotatable bonds is 2. The fourth-order valence-corrected chi connectivity index (χ4v) is 3.91. The van der Waals surface area contributed by atoms with E-state index in [4.69, 9.17) is 0 Å². The Bertz CT molecular complexity index is 749. The van der Waals surface area contributed by atoms with Crippen molar-refractivity contribution in [1.82, 2.24) is 9.38 Å². The molecule has 0 amide bonds. The zero-order valence-electron chi connectivity index (χ0n) is 10.4. The third-order valence-corrected chi connectivity index (χ3v) is 4.75. The minimum atomic E-state index is 0.648. The molecule has 3 heterocycles. The fraction of sp³-hybridized carbons (Fsp3) is 0.231. The van der Waals surface area contributed by atoms with Crippen LogP contribution in [0, 0.1) is 20.8 Å². The maximum atomic E-state index is 11.4. The molecule has 5 heteroatoms. The van der Waals surface area contributed by atoms with Crippen molar-refractivity contribution in [2.75, 3.05) is 0 Å². The Morgan fingerprint density at radius 3 is 2.61 bits per heavy atom. The maximum Gasteiger partial charge on any atom is 0.195 e. The average molecular weight is 276 g/mol. The van der Waals surface area contributed by atoms with Crippen LogP contribution < -0.4 is 0 Å². The average Bonchev–Trinajstić information content (AvgIpc) is 2.90. The summed E-state index contributed by atoms with van der Waals surface area (Å²) in [6.07, 6.45) is 2.86. The van der Waals surface area contributed by atoms with Crippen molar-refractivity contribution in [3.8, 4) is 11.3 Å². The second kappa shape index (κ2) is 4.03. The van der Waals surface area contributed by atoms with Gasteiger partial charge in [-0.05, 0) is 26.8 Å². The van der Waals surface area contributed by atoms with Gasteiger partial charge in [0.2, 0.25) is 0 Å². The van der Waals surface area contributed by atoms with E-state index in [-0.39, 0.29) is 0 Å². The minimum absolute atomic E-state index is 0.648. The molecule has 0 spiro atoms. The lowest BCUT2D eigenvalue weighted by molar-refractivity contribution is 0.111. The van der Waals surface area contributed by atoms with E-state index in [0.29, 0.717) is 5.69 Å². The highest BCUT2D eigenvalue weighted by Crippen LogP contribution is 2.33. The Balaban J connectivity index is 2.32. The summed E-state index contributed by atoms with van der Waals surface area (Å²) in [4.78, 5) is 20.4. The molecule has 0 aliphatic carbocycles. The van der Waals surface area contributed by atoms with Gasteiger partial charge in [-0.1, -0.05) is 0 Å². The van der Waals surface area contributed by atoms with Crippen LogP contribution in [0.15, 0.2) is 12.3 Å². The van der Waals surface area contributed by atoms with E-state index in [1.54, 1.807) is 22.7 Å². The van der Waals surface area contributed by atoms with Crippen LogP contribution in [0.2, 0.25) is 0 Å². The number of aromatic nitrogens is 2. The summed E-state index contributed by atoms with van der Waals surface area (Å²) in [5, 5.41) is 0. The van der Waals surface area contributed by atoms with Gasteiger partial charge in [-0.3, -0.25) is 9.20 Å². The largest absolute Gasteiger partial charge is 0.296 e. The first-order chi connectivity index (χ1) is 8.60. The molecule has 3 rings (SSSR count). The zero-order chi connectivity index (χ0) is 12.9. The number of nitrogens with zero attached hydrogens (tertiary/aromatic N) is 2. The third-order valence-electron chi connectivity index (χ3n) is 2.89. The number of fused-ring (bicyclic) bond motifs is 1. The molecule has 0 saturated heterocycles. The first kappa shape index (κ1) is 11.6. The molecule has 0 saturated carbocycles. The topological polar surface area (TPSA) is 34.4 Å². The molecule has 3 nitrogen and oxygen atoms in total. The molecule has 3 aromatic heterocycles. The Morgan fingerprint density at radius 2 is 2.00 bits per heavy atom. The molecule has 0 aromatic carbocycles. The number of carbonyl (C=O) groups is 1. The predicted molar refractivity (Wildman–Crippen MR) is 76.0 cm³/mol. The molecule has 0 fully saturated rings. The first-order valence-corrected chi connectivity index (χ1v) is 7.24. The van der Waals surface area contributed by atoms with Crippen LogP contribution in [0.5, 0.6) is 0 Å². The van der Waals surface area contributed by atoms with E-state index in [1.807, 2.05) is 17.5 Å². The summed E-state index contributed by atoms with van der Waals surface area (Å²) >= 11 is 3.34. The molecule has 0 aliphatic heterocycles. The van der Waals surface area contributed by atoms with Gasteiger partial charge in [0, 0.05) is 26.4 Å². The SMILES string of the molecule is Cc1cc(-c2nc3sc(C)cn3c2C=O)c(C)s1. The van der Waals surface area contributed by atoms with E-state index < -0.39 is 0 Å². The van der Waals surface area contributed by atoms with Crippen molar-refractivity contribution < 1.29 is 4.79 Å². The van der Waals surface area contributed by atoms with E-state index in [1.165, 1.54) is 9.75 Å². The van der Waals surface area contributed by atoms with E-state index in [0.717, 1.165) is 27.4 Å². The van der Waals surface area contributed by atoms with Gasteiger partial charge in [-0.25, -0.2) is 4.98 Å². The summed E-state index contributed by atoms with van der Waals surface area (Å²) < 4.78 is 1.88. The van der Waals surface area contributed by atoms with Crippen LogP contribution in [0.4, 0.5) is 0 Å². The van der Waals surface area contributed by atoms with Gasteiger partial charge in [0.25, 0.3) is 0 Å². The Kier molecular flexibility index (Phi) is 2.60. The van der Waals surface area contributed by atoms with Crippen LogP contribution in [-0.4, -0.2) is 15.7 Å². The van der Waals surface area contributed by atoms with Crippen molar-refractivity contribution in [3.05, 3.63) is 32.6 Å². The van der Waals surface area contributed by atoms with Crippen molar-refractivity contribution in [3.63, 3.8) is 0 Å². The molecular formula is C13H12N2OS2. The minimum Gasteiger partial charge on any atom is -0.296 e. The molecule has 0 bridgehead atoms. The quantitative estimate of drug-likeness (QED) is 0.666. The number of aldehydes is 1. The molecule has 18 heavy (non-hydrogen) atoms. The van der Waals surface area contributed by atoms with Crippen LogP contribution >= 0.6 is 22.7 Å². The van der Waals surface area contributed by atoms with Gasteiger partial charge >= 0.3 is 0 Å². The fourth-order valence-electron chi connectivity index (χ4n) is 2.15. The maximum absolute atomic E-state index is 11.4. The van der Waals surface area contributed by atoms with E-state index >= 15 is 0 Å². The number of aryl methyl sites for hydroxylation is 3. The highest BCUT2D eigenvalue weighted by atomic mass is 32.1. The van der Waals surface area contributed by atoms with Gasteiger partial charge in [-0.15, -0.1) is 22.7 Å². The molecule has 0 aliphatic rings. The van der Waals surface area contributed by atoms with E-state index in [2.05, 4.69) is 24.9 Å². The predicted octanol–water partition coefficient (Wildman–Crippen LogP) is 3.86. The van der Waals surface area contributed by atoms with Gasteiger partial charge in [0.1, 0.15) is 11.4 Å². The highest BCUT2D eigenvalue weighted by Gasteiger charge is 2.17. The molecule has 0 radical (unpaired) electrons. The van der Waals surface area contributed by atoms with Crippen molar-refractivity contribution in [2.24, 2.45) is 0 Å². The van der Waals surface area contributed by atoms with Crippen LogP contribution in [0.25, 0.3) is 16.2 Å². The number of hydrogen-bond acceptors (Lipinski definition) is 4. The third kappa shape index (κ3) is 1.62. The lowest BCUT2D eigenvalue weighted by Gasteiger charge is -1.96. The summed E-state index contributed by atoms with van der Waals surface area (Å²) in [6.45, 7) is 6.16. The van der Waals surface area contributed by atoms with Gasteiger partial charge < -0.3 is 0 Å². The van der Waals surface area contributed by atoms with Gasteiger partial charge in [0.15, 0.2) is 11.2 Å². The second-order valence-electron chi connectivity index (χ2n) is 4.28. The van der Waals surface area contributed by atoms with Gasteiger partial charge in [-0.2, -0.15) is 0 Å². The number of thiazole rings is 1. The molecule has 0 N–H and O–H groups in total. The highest BCUT2D eigenvalue weighted by molar-refractivity contribution is 7.17. The number of thiophene rings is 1. The molecule has 0 atom stereocenters. The van der Waals surface area contributed by atoms with Crippen molar-refractivity contribution >= 4 is 33.9 Å². The second-order valence-corrected chi connectivity index (χ2v) is 6.96. The van der Waals surface area contributed by atoms with Crippen molar-refractivity contribution in [1.29, 1.82) is 0 Å². The van der Waals surface area contributed by atoms with Crippen LogP contribution in [0.3, 0.4) is 0 Å². The van der Waals surface area contributed by atoms with E-state index in [9.17, 15) is 4.79 Å². The number of carbonyl (C=O) groups excluding carboxylic acids is 1. The zero-order valence-corrected chi connectivity index (χ0v) is 12.0. The summed E-state index contributed by atoms with van der Waals surface area (Å²) in [5.74, 6) is 0. The summed E-state index contributed by atoms with van der Waals surface area (Å²) in [7, 11) is 0. The lowest BCUT2D eigenvalue weighted by atomic mass is 10.1. The molecule has 92 valence electrons. The van der Waals surface area contributed by atoms with Gasteiger partial charge in [0.05, 0.1) is 0 Å². The summed E-state index contributed by atoms with van der Waals surface area (Å²) in [5.41, 5.74) is 2.53. The number of imidazole rings is 1. The monoisotopic (exact) mass is 276 g/mol. The Labute approximate surface area is 113 Å². The molecular weight excluding hydrogens is 264 g/mol. The van der Waals surface area contributed by atoms with Crippen LogP contribution in [0.1, 0.15) is 25.1 Å². The molecule has 3 aromatic rings.